The second-order valence-electron chi connectivity index (χ2n) is 4.34. The molecule has 2 rings (SSSR count). The first-order valence-corrected chi connectivity index (χ1v) is 5.98. The normalized spacial score (nSPS) is 10.8. The molecule has 0 aliphatic rings. The Morgan fingerprint density at radius 2 is 1.79 bits per heavy atom. The summed E-state index contributed by atoms with van der Waals surface area (Å²) < 4.78 is 24.8. The van der Waals surface area contributed by atoms with Crippen molar-refractivity contribution in [3.05, 3.63) is 53.0 Å². The van der Waals surface area contributed by atoms with Crippen LogP contribution in [0.1, 0.15) is 29.1 Å². The fourth-order valence-electron chi connectivity index (χ4n) is 1.78. The van der Waals surface area contributed by atoms with Crippen molar-refractivity contribution in [2.75, 3.05) is 5.32 Å². The summed E-state index contributed by atoms with van der Waals surface area (Å²) in [7, 11) is 0. The van der Waals surface area contributed by atoms with E-state index in [1.807, 2.05) is 19.9 Å². The zero-order valence-electron chi connectivity index (χ0n) is 10.8. The van der Waals surface area contributed by atoms with E-state index in [4.69, 9.17) is 0 Å². The molecule has 19 heavy (non-hydrogen) atoms. The van der Waals surface area contributed by atoms with E-state index < -0.39 is 6.43 Å². The number of hydrogen-bond donors (Lipinski definition) is 1. The molecule has 100 valence electrons. The Balaban J connectivity index is 2.02. The van der Waals surface area contributed by atoms with Gasteiger partial charge in [0, 0.05) is 23.9 Å². The van der Waals surface area contributed by atoms with Crippen LogP contribution in [0.15, 0.2) is 30.3 Å². The van der Waals surface area contributed by atoms with Crippen LogP contribution in [0.5, 0.6) is 0 Å². The molecule has 0 saturated heterocycles. The number of rotatable bonds is 4. The van der Waals surface area contributed by atoms with Gasteiger partial charge < -0.3 is 5.32 Å². The van der Waals surface area contributed by atoms with Crippen LogP contribution >= 0.6 is 0 Å². The van der Waals surface area contributed by atoms with Crippen LogP contribution in [-0.2, 0) is 6.54 Å². The van der Waals surface area contributed by atoms with E-state index in [2.05, 4.69) is 15.3 Å². The van der Waals surface area contributed by atoms with Crippen LogP contribution in [0.25, 0.3) is 0 Å². The Hall–Kier alpha value is -2.04. The van der Waals surface area contributed by atoms with Crippen molar-refractivity contribution in [1.82, 2.24) is 9.97 Å². The summed E-state index contributed by atoms with van der Waals surface area (Å²) in [5.41, 5.74) is 1.86. The van der Waals surface area contributed by atoms with Gasteiger partial charge in [-0.2, -0.15) is 0 Å². The molecule has 1 aromatic carbocycles. The van der Waals surface area contributed by atoms with E-state index in [-0.39, 0.29) is 5.56 Å². The third-order valence-corrected chi connectivity index (χ3v) is 2.67. The van der Waals surface area contributed by atoms with Gasteiger partial charge in [-0.1, -0.05) is 24.3 Å². The number of nitrogens with one attached hydrogen (secondary N) is 1. The van der Waals surface area contributed by atoms with E-state index in [9.17, 15) is 8.78 Å². The van der Waals surface area contributed by atoms with Gasteiger partial charge in [0.15, 0.2) is 0 Å². The monoisotopic (exact) mass is 263 g/mol. The van der Waals surface area contributed by atoms with E-state index in [1.54, 1.807) is 12.1 Å². The van der Waals surface area contributed by atoms with E-state index in [0.717, 1.165) is 17.1 Å². The molecule has 1 heterocycles. The van der Waals surface area contributed by atoms with Crippen molar-refractivity contribution in [1.29, 1.82) is 0 Å². The van der Waals surface area contributed by atoms with E-state index in [1.165, 1.54) is 12.1 Å². The lowest BCUT2D eigenvalue weighted by molar-refractivity contribution is 0.151. The largest absolute Gasteiger partial charge is 0.366 e. The van der Waals surface area contributed by atoms with Gasteiger partial charge in [0.1, 0.15) is 11.6 Å². The molecule has 1 aromatic heterocycles. The first-order valence-electron chi connectivity index (χ1n) is 5.98. The van der Waals surface area contributed by atoms with Crippen molar-refractivity contribution in [3.63, 3.8) is 0 Å². The van der Waals surface area contributed by atoms with Gasteiger partial charge in [0.05, 0.1) is 0 Å². The topological polar surface area (TPSA) is 37.8 Å². The minimum Gasteiger partial charge on any atom is -0.366 e. The summed E-state index contributed by atoms with van der Waals surface area (Å²) in [6.07, 6.45) is -2.42. The minimum atomic E-state index is -2.42. The Kier molecular flexibility index (Phi) is 4.04. The fraction of sp³-hybridized carbons (Fsp3) is 0.286. The summed E-state index contributed by atoms with van der Waals surface area (Å²) >= 11 is 0. The Morgan fingerprint density at radius 1 is 1.11 bits per heavy atom. The third kappa shape index (κ3) is 3.71. The number of halogens is 2. The third-order valence-electron chi connectivity index (χ3n) is 2.67. The summed E-state index contributed by atoms with van der Waals surface area (Å²) in [6, 6.07) is 8.11. The smallest absolute Gasteiger partial charge is 0.263 e. The second-order valence-corrected chi connectivity index (χ2v) is 4.34. The molecule has 0 fully saturated rings. The van der Waals surface area contributed by atoms with E-state index in [0.29, 0.717) is 12.4 Å². The van der Waals surface area contributed by atoms with Crippen molar-refractivity contribution >= 4 is 5.82 Å². The number of anilines is 1. The summed E-state index contributed by atoms with van der Waals surface area (Å²) in [5.74, 6) is 1.44. The number of hydrogen-bond acceptors (Lipinski definition) is 3. The molecule has 5 heteroatoms. The van der Waals surface area contributed by atoms with Gasteiger partial charge in [-0.3, -0.25) is 0 Å². The van der Waals surface area contributed by atoms with Crippen LogP contribution in [-0.4, -0.2) is 9.97 Å². The van der Waals surface area contributed by atoms with Crippen molar-refractivity contribution in [3.8, 4) is 0 Å². The number of nitrogens with zero attached hydrogens (tertiary/aromatic N) is 2. The molecule has 0 saturated carbocycles. The molecule has 1 N–H and O–H groups in total. The lowest BCUT2D eigenvalue weighted by Gasteiger charge is -2.08. The number of aryl methyl sites for hydroxylation is 2. The molecule has 0 aliphatic carbocycles. The van der Waals surface area contributed by atoms with Crippen molar-refractivity contribution < 1.29 is 8.78 Å². The zero-order valence-corrected chi connectivity index (χ0v) is 10.8. The zero-order chi connectivity index (χ0) is 13.8. The molecule has 0 radical (unpaired) electrons. The SMILES string of the molecule is Cc1cc(NCc2ccc(C(F)F)cc2)nc(C)n1. The standard InChI is InChI=1S/C14H15F2N3/c1-9-7-13(19-10(2)18-9)17-8-11-3-5-12(6-4-11)14(15)16/h3-7,14H,8H2,1-2H3,(H,17,18,19). The van der Waals surface area contributed by atoms with Gasteiger partial charge in [0.2, 0.25) is 0 Å². The first kappa shape index (κ1) is 13.4. The van der Waals surface area contributed by atoms with Crippen LogP contribution in [0.4, 0.5) is 14.6 Å². The predicted molar refractivity (Wildman–Crippen MR) is 70.2 cm³/mol. The summed E-state index contributed by atoms with van der Waals surface area (Å²) in [5, 5.41) is 3.15. The molecular weight excluding hydrogens is 248 g/mol. The maximum absolute atomic E-state index is 12.4. The van der Waals surface area contributed by atoms with Gasteiger partial charge in [-0.15, -0.1) is 0 Å². The van der Waals surface area contributed by atoms with Crippen LogP contribution in [0, 0.1) is 13.8 Å². The highest BCUT2D eigenvalue weighted by atomic mass is 19.3. The average Bonchev–Trinajstić information content (AvgIpc) is 2.36. The highest BCUT2D eigenvalue weighted by molar-refractivity contribution is 5.37. The number of benzene rings is 1. The van der Waals surface area contributed by atoms with Gasteiger partial charge in [-0.25, -0.2) is 18.7 Å². The van der Waals surface area contributed by atoms with Crippen molar-refractivity contribution in [2.45, 2.75) is 26.8 Å². The molecule has 0 amide bonds. The Morgan fingerprint density at radius 3 is 2.37 bits per heavy atom. The molecule has 0 aliphatic heterocycles. The summed E-state index contributed by atoms with van der Waals surface area (Å²) in [4.78, 5) is 8.44. The molecule has 0 atom stereocenters. The lowest BCUT2D eigenvalue weighted by Crippen LogP contribution is -2.04. The maximum Gasteiger partial charge on any atom is 0.263 e. The maximum atomic E-state index is 12.4. The van der Waals surface area contributed by atoms with Crippen molar-refractivity contribution in [2.24, 2.45) is 0 Å². The molecular formula is C14H15F2N3. The van der Waals surface area contributed by atoms with Gasteiger partial charge >= 0.3 is 0 Å². The second kappa shape index (κ2) is 5.73. The lowest BCUT2D eigenvalue weighted by atomic mass is 10.1. The van der Waals surface area contributed by atoms with Crippen LogP contribution in [0.3, 0.4) is 0 Å². The van der Waals surface area contributed by atoms with Gasteiger partial charge in [0.25, 0.3) is 6.43 Å². The minimum absolute atomic E-state index is 0.0393. The predicted octanol–water partition coefficient (Wildman–Crippen LogP) is 3.64. The van der Waals surface area contributed by atoms with E-state index >= 15 is 0 Å². The molecule has 3 nitrogen and oxygen atoms in total. The number of alkyl halides is 2. The first-order chi connectivity index (χ1) is 9.04. The fourth-order valence-corrected chi connectivity index (χ4v) is 1.78. The quantitative estimate of drug-likeness (QED) is 0.915. The van der Waals surface area contributed by atoms with Gasteiger partial charge in [-0.05, 0) is 19.4 Å². The molecule has 0 bridgehead atoms. The molecule has 2 aromatic rings. The molecule has 0 unspecified atom stereocenters. The highest BCUT2D eigenvalue weighted by Gasteiger charge is 2.05. The molecule has 0 spiro atoms. The van der Waals surface area contributed by atoms with Crippen LogP contribution < -0.4 is 5.32 Å². The number of aromatic nitrogens is 2. The van der Waals surface area contributed by atoms with Crippen LogP contribution in [0.2, 0.25) is 0 Å². The Labute approximate surface area is 110 Å². The summed E-state index contributed by atoms with van der Waals surface area (Å²) in [6.45, 7) is 4.27. The average molecular weight is 263 g/mol. The Bertz CT molecular complexity index is 533. The highest BCUT2D eigenvalue weighted by Crippen LogP contribution is 2.19.